The second kappa shape index (κ2) is 7.05. The summed E-state index contributed by atoms with van der Waals surface area (Å²) in [6, 6.07) is 14.1. The third-order valence-corrected chi connectivity index (χ3v) is 6.73. The summed E-state index contributed by atoms with van der Waals surface area (Å²) in [5.74, 6) is -1.90. The van der Waals surface area contributed by atoms with Crippen LogP contribution in [0.15, 0.2) is 67.3 Å². The van der Waals surface area contributed by atoms with Crippen molar-refractivity contribution in [1.29, 1.82) is 0 Å². The largest absolute Gasteiger partial charge is 0.352 e. The van der Waals surface area contributed by atoms with Gasteiger partial charge in [-0.2, -0.15) is 0 Å². The van der Waals surface area contributed by atoms with Crippen LogP contribution in [0, 0.1) is 18.8 Å². The van der Waals surface area contributed by atoms with Crippen LogP contribution in [0.3, 0.4) is 0 Å². The monoisotopic (exact) mass is 412 g/mol. The molecule has 2 fully saturated rings. The van der Waals surface area contributed by atoms with Crippen molar-refractivity contribution < 1.29 is 14.4 Å². The highest BCUT2D eigenvalue weighted by Gasteiger charge is 2.64. The molecule has 3 aliphatic heterocycles. The van der Waals surface area contributed by atoms with Crippen LogP contribution >= 0.6 is 0 Å². The Morgan fingerprint density at radius 3 is 2.45 bits per heavy atom. The van der Waals surface area contributed by atoms with Gasteiger partial charge in [0.25, 0.3) is 0 Å². The van der Waals surface area contributed by atoms with Crippen LogP contribution in [-0.4, -0.2) is 41.1 Å². The number of amides is 2. The van der Waals surface area contributed by atoms with Gasteiger partial charge in [0.15, 0.2) is 5.78 Å². The molecule has 156 valence electrons. The van der Waals surface area contributed by atoms with E-state index in [1.165, 1.54) is 4.90 Å². The summed E-state index contributed by atoms with van der Waals surface area (Å²) < 4.78 is 0. The molecule has 0 N–H and O–H groups in total. The molecule has 2 amide bonds. The predicted octanol–water partition coefficient (Wildman–Crippen LogP) is 3.64. The SMILES string of the molecule is C=CCN1C(=O)[C@@H]2[C@H](C1=O)[C@H](C(=O)c1ccccc1)N1c3ccc(C)cc3C(C)=C[C@H]21. The first kappa shape index (κ1) is 19.5. The van der Waals surface area contributed by atoms with E-state index in [9.17, 15) is 14.4 Å². The summed E-state index contributed by atoms with van der Waals surface area (Å²) >= 11 is 0. The van der Waals surface area contributed by atoms with Crippen LogP contribution in [0.25, 0.3) is 5.57 Å². The maximum absolute atomic E-state index is 13.8. The van der Waals surface area contributed by atoms with E-state index >= 15 is 0 Å². The minimum Gasteiger partial charge on any atom is -0.352 e. The highest BCUT2D eigenvalue weighted by atomic mass is 16.2. The summed E-state index contributed by atoms with van der Waals surface area (Å²) in [7, 11) is 0. The fourth-order valence-corrected chi connectivity index (χ4v) is 5.40. The van der Waals surface area contributed by atoms with Gasteiger partial charge in [-0.15, -0.1) is 6.58 Å². The van der Waals surface area contributed by atoms with E-state index in [1.807, 2.05) is 49.1 Å². The maximum atomic E-state index is 13.8. The fraction of sp³-hybridized carbons (Fsp3) is 0.269. The topological polar surface area (TPSA) is 57.7 Å². The average Bonchev–Trinajstić information content (AvgIpc) is 3.23. The van der Waals surface area contributed by atoms with Crippen molar-refractivity contribution in [2.24, 2.45) is 11.8 Å². The number of benzene rings is 2. The van der Waals surface area contributed by atoms with E-state index in [1.54, 1.807) is 18.2 Å². The van der Waals surface area contributed by atoms with Crippen molar-refractivity contribution >= 4 is 28.9 Å². The third-order valence-electron chi connectivity index (χ3n) is 6.73. The Bertz CT molecular complexity index is 1150. The standard InChI is InChI=1S/C26H24N2O3/c1-4-12-27-25(30)21-20-14-16(3)18-13-15(2)10-11-19(18)28(20)23(22(21)26(27)31)24(29)17-8-6-5-7-9-17/h4-11,13-14,20-23H,1,12H2,2-3H3/t20-,21+,22+,23-/m1/s1. The lowest BCUT2D eigenvalue weighted by Gasteiger charge is -2.38. The summed E-state index contributed by atoms with van der Waals surface area (Å²) in [6.45, 7) is 7.91. The van der Waals surface area contributed by atoms with Crippen molar-refractivity contribution in [2.45, 2.75) is 25.9 Å². The van der Waals surface area contributed by atoms with Crippen LogP contribution in [0.5, 0.6) is 0 Å². The lowest BCUT2D eigenvalue weighted by atomic mass is 9.85. The highest BCUT2D eigenvalue weighted by molar-refractivity contribution is 6.14. The minimum absolute atomic E-state index is 0.126. The third kappa shape index (κ3) is 2.73. The number of carbonyl (C=O) groups is 3. The summed E-state index contributed by atoms with van der Waals surface area (Å²) in [6.07, 6.45) is 3.61. The fourth-order valence-electron chi connectivity index (χ4n) is 5.40. The van der Waals surface area contributed by atoms with Crippen LogP contribution in [-0.2, 0) is 9.59 Å². The maximum Gasteiger partial charge on any atom is 0.236 e. The first-order valence-corrected chi connectivity index (χ1v) is 10.6. The van der Waals surface area contributed by atoms with Gasteiger partial charge in [0, 0.05) is 23.4 Å². The number of hydrogen-bond acceptors (Lipinski definition) is 4. The molecule has 0 unspecified atom stereocenters. The van der Waals surface area contributed by atoms with Gasteiger partial charge in [-0.1, -0.05) is 54.1 Å². The van der Waals surface area contributed by atoms with E-state index in [0.717, 1.165) is 22.4 Å². The Kier molecular flexibility index (Phi) is 4.43. The van der Waals surface area contributed by atoms with Gasteiger partial charge >= 0.3 is 0 Å². The van der Waals surface area contributed by atoms with E-state index in [0.29, 0.717) is 5.56 Å². The van der Waals surface area contributed by atoms with Crippen molar-refractivity contribution in [3.63, 3.8) is 0 Å². The number of imide groups is 1. The molecule has 4 atom stereocenters. The molecule has 2 aromatic carbocycles. The molecule has 5 rings (SSSR count). The molecular formula is C26H24N2O3. The molecule has 0 aliphatic carbocycles. The van der Waals surface area contributed by atoms with E-state index in [-0.39, 0.29) is 30.2 Å². The predicted molar refractivity (Wildman–Crippen MR) is 120 cm³/mol. The van der Waals surface area contributed by atoms with E-state index in [2.05, 4.69) is 18.7 Å². The van der Waals surface area contributed by atoms with Crippen LogP contribution in [0.1, 0.15) is 28.4 Å². The van der Waals surface area contributed by atoms with Crippen LogP contribution < -0.4 is 4.90 Å². The molecule has 0 spiro atoms. The molecule has 5 heteroatoms. The molecule has 2 saturated heterocycles. The summed E-state index contributed by atoms with van der Waals surface area (Å²) in [5.41, 5.74) is 4.70. The number of fused-ring (bicyclic) bond motifs is 5. The first-order chi connectivity index (χ1) is 14.9. The highest BCUT2D eigenvalue weighted by Crippen LogP contribution is 2.50. The summed E-state index contributed by atoms with van der Waals surface area (Å²) in [4.78, 5) is 43.7. The van der Waals surface area contributed by atoms with Crippen LogP contribution in [0.4, 0.5) is 5.69 Å². The van der Waals surface area contributed by atoms with Gasteiger partial charge in [0.05, 0.1) is 17.9 Å². The number of allylic oxidation sites excluding steroid dienone is 1. The average molecular weight is 412 g/mol. The Hall–Kier alpha value is -3.47. The van der Waals surface area contributed by atoms with Crippen molar-refractivity contribution in [3.8, 4) is 0 Å². The number of Topliss-reactive ketones (excluding diaryl/α,β-unsaturated/α-hetero) is 1. The van der Waals surface area contributed by atoms with Gasteiger partial charge in [-0.25, -0.2) is 0 Å². The van der Waals surface area contributed by atoms with Crippen molar-refractivity contribution in [3.05, 3.63) is 84.0 Å². The van der Waals surface area contributed by atoms with Gasteiger partial charge in [0.1, 0.15) is 6.04 Å². The number of carbonyl (C=O) groups excluding carboxylic acids is 3. The number of hydrogen-bond donors (Lipinski definition) is 0. The second-order valence-electron chi connectivity index (χ2n) is 8.57. The smallest absolute Gasteiger partial charge is 0.236 e. The molecular weight excluding hydrogens is 388 g/mol. The Balaban J connectivity index is 1.70. The van der Waals surface area contributed by atoms with Gasteiger partial charge < -0.3 is 4.90 Å². The zero-order chi connectivity index (χ0) is 21.9. The van der Waals surface area contributed by atoms with Gasteiger partial charge in [-0.05, 0) is 31.6 Å². The molecule has 5 nitrogen and oxygen atoms in total. The second-order valence-corrected chi connectivity index (χ2v) is 8.57. The van der Waals surface area contributed by atoms with Gasteiger partial charge in [0.2, 0.25) is 11.8 Å². The molecule has 0 aromatic heterocycles. The number of ketones is 1. The number of rotatable bonds is 4. The Labute approximate surface area is 181 Å². The molecule has 0 saturated carbocycles. The van der Waals surface area contributed by atoms with Crippen molar-refractivity contribution in [2.75, 3.05) is 11.4 Å². The Morgan fingerprint density at radius 2 is 1.74 bits per heavy atom. The normalized spacial score (nSPS) is 26.3. The number of anilines is 1. The summed E-state index contributed by atoms with van der Waals surface area (Å²) in [5, 5.41) is 0. The molecule has 2 aromatic rings. The van der Waals surface area contributed by atoms with Crippen molar-refractivity contribution in [1.82, 2.24) is 4.90 Å². The van der Waals surface area contributed by atoms with Crippen LogP contribution in [0.2, 0.25) is 0 Å². The minimum atomic E-state index is -0.727. The first-order valence-electron chi connectivity index (χ1n) is 10.6. The molecule has 0 radical (unpaired) electrons. The van der Waals surface area contributed by atoms with E-state index in [4.69, 9.17) is 0 Å². The number of aryl methyl sites for hydroxylation is 1. The molecule has 31 heavy (non-hydrogen) atoms. The quantitative estimate of drug-likeness (QED) is 0.437. The lowest BCUT2D eigenvalue weighted by molar-refractivity contribution is -0.139. The molecule has 3 heterocycles. The number of nitrogens with zero attached hydrogens (tertiary/aromatic N) is 2. The zero-order valence-corrected chi connectivity index (χ0v) is 17.6. The lowest BCUT2D eigenvalue weighted by Crippen LogP contribution is -2.49. The number of likely N-dealkylation sites (tertiary alicyclic amines) is 1. The Morgan fingerprint density at radius 1 is 1.03 bits per heavy atom. The zero-order valence-electron chi connectivity index (χ0n) is 17.6. The van der Waals surface area contributed by atoms with Gasteiger partial charge in [-0.3, -0.25) is 19.3 Å². The van der Waals surface area contributed by atoms with E-state index < -0.39 is 17.9 Å². The molecule has 3 aliphatic rings. The molecule has 0 bridgehead atoms.